The van der Waals surface area contributed by atoms with Crippen LogP contribution in [0.4, 0.5) is 5.13 Å². The number of hydrogen-bond acceptors (Lipinski definition) is 11. The second-order valence-corrected chi connectivity index (χ2v) is 10.4. The summed E-state index contributed by atoms with van der Waals surface area (Å²) in [6, 6.07) is -1.15. The van der Waals surface area contributed by atoms with Gasteiger partial charge in [-0.05, 0) is 19.9 Å². The zero-order valence-electron chi connectivity index (χ0n) is 17.9. The molecule has 1 aromatic rings. The maximum absolute atomic E-state index is 12.9. The summed E-state index contributed by atoms with van der Waals surface area (Å²) < 4.78 is 23.9. The molecule has 15 heteroatoms. The molecule has 33 heavy (non-hydrogen) atoms. The zero-order chi connectivity index (χ0) is 24.5. The summed E-state index contributed by atoms with van der Waals surface area (Å²) in [5.41, 5.74) is 5.90. The predicted molar refractivity (Wildman–Crippen MR) is 118 cm³/mol. The first-order valence-corrected chi connectivity index (χ1v) is 12.3. The fourth-order valence-electron chi connectivity index (χ4n) is 3.15. The van der Waals surface area contributed by atoms with Crippen molar-refractivity contribution in [2.45, 2.75) is 19.9 Å². The molecule has 3 rings (SSSR count). The minimum absolute atomic E-state index is 0.101. The van der Waals surface area contributed by atoms with Crippen molar-refractivity contribution in [2.24, 2.45) is 5.16 Å². The van der Waals surface area contributed by atoms with E-state index in [-0.39, 0.29) is 41.1 Å². The number of anilines is 1. The molecule has 0 radical (unpaired) electrons. The molecule has 0 saturated carbocycles. The molecule has 1 saturated heterocycles. The summed E-state index contributed by atoms with van der Waals surface area (Å²) in [4.78, 5) is 46.3. The quantitative estimate of drug-likeness (QED) is 0.179. The van der Waals surface area contributed by atoms with E-state index in [1.807, 2.05) is 13.8 Å². The van der Waals surface area contributed by atoms with E-state index in [4.69, 9.17) is 10.6 Å². The number of carbonyl (C=O) groups is 3. The first kappa shape index (κ1) is 24.3. The normalized spacial score (nSPS) is 19.0. The van der Waals surface area contributed by atoms with Crippen LogP contribution >= 0.6 is 11.3 Å². The lowest BCUT2D eigenvalue weighted by Gasteiger charge is -2.18. The highest BCUT2D eigenvalue weighted by Crippen LogP contribution is 2.31. The van der Waals surface area contributed by atoms with Crippen molar-refractivity contribution in [3.05, 3.63) is 33.3 Å². The predicted octanol–water partition coefficient (Wildman–Crippen LogP) is -0.689. The van der Waals surface area contributed by atoms with Crippen molar-refractivity contribution in [3.63, 3.8) is 0 Å². The van der Waals surface area contributed by atoms with Crippen molar-refractivity contribution >= 4 is 49.8 Å². The van der Waals surface area contributed by atoms with E-state index in [1.54, 1.807) is 6.08 Å². The van der Waals surface area contributed by atoms with Gasteiger partial charge in [-0.1, -0.05) is 10.7 Å². The smallest absolute Gasteiger partial charge is 0.355 e. The summed E-state index contributed by atoms with van der Waals surface area (Å²) >= 11 is 1.08. The molecule has 178 valence electrons. The highest BCUT2D eigenvalue weighted by atomic mass is 32.2. The topological polar surface area (TPSA) is 185 Å². The fourth-order valence-corrected chi connectivity index (χ4v) is 4.60. The molecule has 13 nitrogen and oxygen atoms in total. The van der Waals surface area contributed by atoms with Crippen LogP contribution in [0, 0.1) is 0 Å². The van der Waals surface area contributed by atoms with Crippen LogP contribution in [-0.4, -0.2) is 84.0 Å². The SMILES string of the molecule is CC(C)=CCO/N=C(/C(=O)N[C@H]1CN2CC(S(C)(=O)=O)=C(C(=O)O)N2C1=O)c1csc(N)n1. The number of nitrogen functional groups attached to an aromatic ring is 1. The molecule has 0 bridgehead atoms. The number of allylic oxidation sites excluding steroid dienone is 1. The number of hydrogen-bond donors (Lipinski definition) is 3. The second kappa shape index (κ2) is 9.29. The molecular formula is C18H22N6O7S2. The average molecular weight is 499 g/mol. The number of rotatable bonds is 8. The molecule has 0 aromatic carbocycles. The van der Waals surface area contributed by atoms with E-state index in [0.717, 1.165) is 28.2 Å². The number of fused-ring (bicyclic) bond motifs is 1. The molecule has 1 aromatic heterocycles. The van der Waals surface area contributed by atoms with Crippen LogP contribution < -0.4 is 11.1 Å². The summed E-state index contributed by atoms with van der Waals surface area (Å²) in [5, 5.41) is 19.5. The molecule has 1 atom stereocenters. The minimum atomic E-state index is -3.85. The van der Waals surface area contributed by atoms with Gasteiger partial charge in [-0.15, -0.1) is 11.3 Å². The number of hydrazine groups is 1. The molecule has 4 N–H and O–H groups in total. The van der Waals surface area contributed by atoms with Gasteiger partial charge in [0.25, 0.3) is 11.8 Å². The monoisotopic (exact) mass is 498 g/mol. The van der Waals surface area contributed by atoms with Gasteiger partial charge in [-0.25, -0.2) is 28.2 Å². The third-order valence-corrected chi connectivity index (χ3v) is 6.53. The van der Waals surface area contributed by atoms with Crippen LogP contribution in [0.5, 0.6) is 0 Å². The van der Waals surface area contributed by atoms with Gasteiger partial charge in [0.05, 0.1) is 11.4 Å². The van der Waals surface area contributed by atoms with Gasteiger partial charge < -0.3 is 21.0 Å². The summed E-state index contributed by atoms with van der Waals surface area (Å²) in [5.74, 6) is -3.14. The Kier molecular flexibility index (Phi) is 6.85. The molecule has 2 aliphatic rings. The number of carboxylic acid groups (broad SMARTS) is 1. The van der Waals surface area contributed by atoms with E-state index in [1.165, 1.54) is 10.4 Å². The largest absolute Gasteiger partial charge is 0.476 e. The zero-order valence-corrected chi connectivity index (χ0v) is 19.6. The standard InChI is InChI=1S/C18H22N6O7S2/c1-9(2)4-5-31-22-13(11-8-32-18(19)21-11)15(25)20-10-6-23-7-12(33(3,29)30)14(17(27)28)24(23)16(10)26/h4,8,10H,5-7H2,1-3H3,(H2,19,21)(H,20,25)(H,27,28)/b22-13+/t10-/m0/s1. The van der Waals surface area contributed by atoms with Crippen LogP contribution in [0.1, 0.15) is 19.5 Å². The Morgan fingerprint density at radius 3 is 2.70 bits per heavy atom. The molecule has 2 aliphatic heterocycles. The highest BCUT2D eigenvalue weighted by Gasteiger charge is 2.50. The Hall–Kier alpha value is -3.30. The number of carbonyl (C=O) groups excluding carboxylic acids is 2. The van der Waals surface area contributed by atoms with Gasteiger partial charge >= 0.3 is 5.97 Å². The van der Waals surface area contributed by atoms with E-state index in [0.29, 0.717) is 0 Å². The van der Waals surface area contributed by atoms with Crippen molar-refractivity contribution in [1.29, 1.82) is 0 Å². The second-order valence-electron chi connectivity index (χ2n) is 7.46. The van der Waals surface area contributed by atoms with Crippen molar-refractivity contribution in [2.75, 3.05) is 31.7 Å². The van der Waals surface area contributed by atoms with Gasteiger partial charge in [0.2, 0.25) is 0 Å². The third-order valence-electron chi connectivity index (χ3n) is 4.64. The molecular weight excluding hydrogens is 476 g/mol. The number of aromatic nitrogens is 1. The van der Waals surface area contributed by atoms with Crippen molar-refractivity contribution < 1.29 is 32.7 Å². The van der Waals surface area contributed by atoms with E-state index in [2.05, 4.69) is 15.5 Å². The fraction of sp³-hybridized carbons (Fsp3) is 0.389. The van der Waals surface area contributed by atoms with Crippen LogP contribution in [0.3, 0.4) is 0 Å². The molecule has 1 fully saturated rings. The van der Waals surface area contributed by atoms with Gasteiger partial charge in [0.1, 0.15) is 18.3 Å². The Bertz CT molecular complexity index is 1200. The number of carboxylic acids is 1. The number of thiazole rings is 1. The first-order valence-electron chi connectivity index (χ1n) is 9.51. The van der Waals surface area contributed by atoms with Gasteiger partial charge in [-0.2, -0.15) is 0 Å². The number of nitrogens with zero attached hydrogens (tertiary/aromatic N) is 4. The van der Waals surface area contributed by atoms with Crippen LogP contribution in [-0.2, 0) is 29.1 Å². The van der Waals surface area contributed by atoms with Crippen molar-refractivity contribution in [1.82, 2.24) is 20.3 Å². The molecule has 0 unspecified atom stereocenters. The van der Waals surface area contributed by atoms with Gasteiger partial charge in [-0.3, -0.25) is 9.59 Å². The third kappa shape index (κ3) is 5.20. The maximum atomic E-state index is 12.9. The first-order chi connectivity index (χ1) is 15.4. The Morgan fingerprint density at radius 1 is 1.45 bits per heavy atom. The van der Waals surface area contributed by atoms with E-state index in [9.17, 15) is 27.9 Å². The van der Waals surface area contributed by atoms with Gasteiger partial charge in [0.15, 0.2) is 26.4 Å². The Labute approximate surface area is 193 Å². The Balaban J connectivity index is 1.82. The molecule has 0 aliphatic carbocycles. The minimum Gasteiger partial charge on any atom is -0.476 e. The number of amides is 2. The van der Waals surface area contributed by atoms with E-state index < -0.39 is 39.4 Å². The molecule has 2 amide bonds. The van der Waals surface area contributed by atoms with Crippen LogP contribution in [0.15, 0.2) is 32.8 Å². The lowest BCUT2D eigenvalue weighted by Crippen LogP contribution is -2.46. The van der Waals surface area contributed by atoms with Crippen molar-refractivity contribution in [3.8, 4) is 0 Å². The highest BCUT2D eigenvalue weighted by molar-refractivity contribution is 7.94. The summed E-state index contributed by atoms with van der Waals surface area (Å²) in [7, 11) is -3.85. The van der Waals surface area contributed by atoms with Gasteiger partial charge in [0, 0.05) is 18.2 Å². The summed E-state index contributed by atoms with van der Waals surface area (Å²) in [6.07, 6.45) is 2.62. The summed E-state index contributed by atoms with van der Waals surface area (Å²) in [6.45, 7) is 3.40. The average Bonchev–Trinajstić information content (AvgIpc) is 3.36. The number of nitrogens with one attached hydrogen (secondary N) is 1. The molecule has 3 heterocycles. The maximum Gasteiger partial charge on any atom is 0.355 e. The number of sulfone groups is 1. The number of oxime groups is 1. The van der Waals surface area contributed by atoms with Crippen LogP contribution in [0.2, 0.25) is 0 Å². The number of nitrogens with two attached hydrogens (primary N) is 1. The number of aliphatic carboxylic acids is 1. The Morgan fingerprint density at radius 2 is 2.15 bits per heavy atom. The molecule has 0 spiro atoms. The van der Waals surface area contributed by atoms with E-state index >= 15 is 0 Å². The lowest BCUT2D eigenvalue weighted by molar-refractivity contribution is -0.143. The van der Waals surface area contributed by atoms with Crippen LogP contribution in [0.25, 0.3) is 0 Å². The lowest BCUT2D eigenvalue weighted by atomic mass is 10.2.